The highest BCUT2D eigenvalue weighted by Crippen LogP contribution is 2.33. The Hall–Kier alpha value is -2.28. The van der Waals surface area contributed by atoms with Crippen LogP contribution in [0.4, 0.5) is 14.5 Å². The lowest BCUT2D eigenvalue weighted by atomic mass is 9.87. The molecule has 7 heteroatoms. The number of carbonyl (C=O) groups excluding carboxylic acids is 2. The first kappa shape index (κ1) is 17.5. The van der Waals surface area contributed by atoms with Crippen LogP contribution in [0.15, 0.2) is 24.3 Å². The molecule has 0 aliphatic heterocycles. The van der Waals surface area contributed by atoms with Crippen LogP contribution in [0.5, 0.6) is 0 Å². The summed E-state index contributed by atoms with van der Waals surface area (Å²) in [5, 5.41) is 2.53. The van der Waals surface area contributed by atoms with Crippen molar-refractivity contribution in [3.63, 3.8) is 0 Å². The molecule has 25 heavy (non-hydrogen) atoms. The Morgan fingerprint density at radius 1 is 1.24 bits per heavy atom. The molecule has 2 aromatic rings. The number of thiophene rings is 1. The zero-order chi connectivity index (χ0) is 18.1. The van der Waals surface area contributed by atoms with E-state index in [-0.39, 0.29) is 23.4 Å². The summed E-state index contributed by atoms with van der Waals surface area (Å²) in [4.78, 5) is 27.8. The lowest BCUT2D eigenvalue weighted by Gasteiger charge is -2.21. The van der Waals surface area contributed by atoms with Gasteiger partial charge in [0.1, 0.15) is 11.6 Å². The van der Waals surface area contributed by atoms with Gasteiger partial charge in [0, 0.05) is 31.0 Å². The van der Waals surface area contributed by atoms with Crippen LogP contribution in [-0.4, -0.2) is 30.8 Å². The normalized spacial score (nSPS) is 16.2. The standard InChI is InChI=1S/C18H18F2N2O2S/c1-22(2)18(24)16-8-11-7-10(3-6-15(11)25-16)17(23)21-14-5-4-12(19)9-13(14)20/h4-5,8-10H,3,6-7H2,1-2H3,(H,21,23). The smallest absolute Gasteiger partial charge is 0.263 e. The molecule has 0 spiro atoms. The Morgan fingerprint density at radius 3 is 2.68 bits per heavy atom. The van der Waals surface area contributed by atoms with Gasteiger partial charge in [0.25, 0.3) is 5.91 Å². The number of benzene rings is 1. The van der Waals surface area contributed by atoms with Crippen LogP contribution in [0.3, 0.4) is 0 Å². The molecule has 0 fully saturated rings. The highest BCUT2D eigenvalue weighted by atomic mass is 32.1. The Bertz CT molecular complexity index is 832. The summed E-state index contributed by atoms with van der Waals surface area (Å²) in [7, 11) is 3.41. The van der Waals surface area contributed by atoms with Gasteiger partial charge in [-0.2, -0.15) is 0 Å². The largest absolute Gasteiger partial charge is 0.344 e. The molecule has 1 aliphatic carbocycles. The van der Waals surface area contributed by atoms with E-state index in [2.05, 4.69) is 5.32 Å². The fraction of sp³-hybridized carbons (Fsp3) is 0.333. The van der Waals surface area contributed by atoms with Gasteiger partial charge in [0.05, 0.1) is 10.6 Å². The molecule has 1 aromatic heterocycles. The first-order valence-electron chi connectivity index (χ1n) is 7.94. The van der Waals surface area contributed by atoms with E-state index in [0.29, 0.717) is 24.1 Å². The number of hydrogen-bond acceptors (Lipinski definition) is 3. The third-order valence-corrected chi connectivity index (χ3v) is 5.48. The second-order valence-corrected chi connectivity index (χ2v) is 7.45. The second-order valence-electron chi connectivity index (χ2n) is 6.31. The molecule has 2 amide bonds. The summed E-state index contributed by atoms with van der Waals surface area (Å²) < 4.78 is 26.6. The molecule has 1 aromatic carbocycles. The highest BCUT2D eigenvalue weighted by Gasteiger charge is 2.28. The van der Waals surface area contributed by atoms with E-state index in [1.807, 2.05) is 6.07 Å². The first-order valence-corrected chi connectivity index (χ1v) is 8.76. The van der Waals surface area contributed by atoms with Crippen molar-refractivity contribution in [3.8, 4) is 0 Å². The zero-order valence-corrected chi connectivity index (χ0v) is 14.8. The van der Waals surface area contributed by atoms with Crippen LogP contribution in [0.1, 0.15) is 26.5 Å². The Labute approximate surface area is 148 Å². The van der Waals surface area contributed by atoms with E-state index in [4.69, 9.17) is 0 Å². The SMILES string of the molecule is CN(C)C(=O)c1cc2c(s1)CCC(C(=O)Nc1ccc(F)cc1F)C2. The Balaban J connectivity index is 1.71. The molecule has 1 heterocycles. The number of carbonyl (C=O) groups is 2. The van der Waals surface area contributed by atoms with Crippen LogP contribution >= 0.6 is 11.3 Å². The monoisotopic (exact) mass is 364 g/mol. The van der Waals surface area contributed by atoms with Crippen molar-refractivity contribution in [1.29, 1.82) is 0 Å². The van der Waals surface area contributed by atoms with Crippen molar-refractivity contribution in [3.05, 3.63) is 51.2 Å². The van der Waals surface area contributed by atoms with Gasteiger partial charge in [0.2, 0.25) is 5.91 Å². The Morgan fingerprint density at radius 2 is 2.00 bits per heavy atom. The Kier molecular flexibility index (Phi) is 4.85. The number of halogens is 2. The molecule has 0 radical (unpaired) electrons. The third-order valence-electron chi connectivity index (χ3n) is 4.26. The number of hydrogen-bond donors (Lipinski definition) is 1. The van der Waals surface area contributed by atoms with Gasteiger partial charge in [-0.25, -0.2) is 8.78 Å². The van der Waals surface area contributed by atoms with Gasteiger partial charge >= 0.3 is 0 Å². The molecule has 0 bridgehead atoms. The lowest BCUT2D eigenvalue weighted by molar-refractivity contribution is -0.120. The molecule has 132 valence electrons. The van der Waals surface area contributed by atoms with Gasteiger partial charge in [-0.1, -0.05) is 0 Å². The van der Waals surface area contributed by atoms with Crippen LogP contribution in [0.25, 0.3) is 0 Å². The van der Waals surface area contributed by atoms with Crippen molar-refractivity contribution >= 4 is 28.8 Å². The zero-order valence-electron chi connectivity index (χ0n) is 13.9. The average Bonchev–Trinajstić information content (AvgIpc) is 2.99. The summed E-state index contributed by atoms with van der Waals surface area (Å²) >= 11 is 1.47. The maximum Gasteiger partial charge on any atom is 0.263 e. The lowest BCUT2D eigenvalue weighted by Crippen LogP contribution is -2.28. The van der Waals surface area contributed by atoms with Gasteiger partial charge in [-0.05, 0) is 43.0 Å². The van der Waals surface area contributed by atoms with Crippen molar-refractivity contribution in [2.24, 2.45) is 5.92 Å². The molecule has 4 nitrogen and oxygen atoms in total. The quantitative estimate of drug-likeness (QED) is 0.907. The fourth-order valence-corrected chi connectivity index (χ4v) is 4.13. The number of fused-ring (bicyclic) bond motifs is 1. The molecule has 1 unspecified atom stereocenters. The minimum atomic E-state index is -0.792. The fourth-order valence-electron chi connectivity index (χ4n) is 2.90. The van der Waals surface area contributed by atoms with E-state index in [9.17, 15) is 18.4 Å². The van der Waals surface area contributed by atoms with Crippen LogP contribution in [0, 0.1) is 17.6 Å². The summed E-state index contributed by atoms with van der Waals surface area (Å²) in [6, 6.07) is 4.91. The minimum Gasteiger partial charge on any atom is -0.344 e. The average molecular weight is 364 g/mol. The van der Waals surface area contributed by atoms with E-state index >= 15 is 0 Å². The first-order chi connectivity index (χ1) is 11.8. The van der Waals surface area contributed by atoms with Crippen LogP contribution in [0.2, 0.25) is 0 Å². The van der Waals surface area contributed by atoms with Crippen molar-refractivity contribution in [2.45, 2.75) is 19.3 Å². The number of aryl methyl sites for hydroxylation is 1. The van der Waals surface area contributed by atoms with Gasteiger partial charge in [-0.15, -0.1) is 11.3 Å². The molecular formula is C18H18F2N2O2S. The molecule has 1 aliphatic rings. The molecule has 1 N–H and O–H groups in total. The van der Waals surface area contributed by atoms with E-state index in [1.54, 1.807) is 14.1 Å². The number of anilines is 1. The molecule has 0 saturated carbocycles. The van der Waals surface area contributed by atoms with Crippen LogP contribution in [-0.2, 0) is 17.6 Å². The maximum absolute atomic E-state index is 13.7. The number of nitrogens with one attached hydrogen (secondary N) is 1. The second kappa shape index (κ2) is 6.92. The maximum atomic E-state index is 13.7. The van der Waals surface area contributed by atoms with Crippen LogP contribution < -0.4 is 5.32 Å². The van der Waals surface area contributed by atoms with Crippen molar-refractivity contribution < 1.29 is 18.4 Å². The van der Waals surface area contributed by atoms with Crippen molar-refractivity contribution in [1.82, 2.24) is 4.90 Å². The number of nitrogens with zero attached hydrogens (tertiary/aromatic N) is 1. The highest BCUT2D eigenvalue weighted by molar-refractivity contribution is 7.14. The molecule has 1 atom stereocenters. The molecule has 0 saturated heterocycles. The van der Waals surface area contributed by atoms with E-state index < -0.39 is 11.6 Å². The molecule has 3 rings (SSSR count). The molecular weight excluding hydrogens is 346 g/mol. The van der Waals surface area contributed by atoms with Gasteiger partial charge in [0.15, 0.2) is 0 Å². The van der Waals surface area contributed by atoms with Crippen molar-refractivity contribution in [2.75, 3.05) is 19.4 Å². The minimum absolute atomic E-state index is 0.0222. The van der Waals surface area contributed by atoms with Gasteiger partial charge < -0.3 is 10.2 Å². The summed E-state index contributed by atoms with van der Waals surface area (Å²) in [6.45, 7) is 0. The topological polar surface area (TPSA) is 49.4 Å². The predicted molar refractivity (Wildman–Crippen MR) is 92.8 cm³/mol. The summed E-state index contributed by atoms with van der Waals surface area (Å²) in [5.74, 6) is -2.11. The predicted octanol–water partition coefficient (Wildman–Crippen LogP) is 3.47. The summed E-state index contributed by atoms with van der Waals surface area (Å²) in [5.41, 5.74) is 0.979. The van der Waals surface area contributed by atoms with Gasteiger partial charge in [-0.3, -0.25) is 9.59 Å². The van der Waals surface area contributed by atoms with E-state index in [0.717, 1.165) is 22.6 Å². The number of rotatable bonds is 3. The number of amides is 2. The third kappa shape index (κ3) is 3.71. The van der Waals surface area contributed by atoms with E-state index in [1.165, 1.54) is 22.3 Å². The summed E-state index contributed by atoms with van der Waals surface area (Å²) in [6.07, 6.45) is 1.86.